The van der Waals surface area contributed by atoms with Crippen LogP contribution in [0.5, 0.6) is 0 Å². The summed E-state index contributed by atoms with van der Waals surface area (Å²) in [5.74, 6) is -0.799. The molecule has 8 heteroatoms. The number of sulfonamides is 1. The van der Waals surface area contributed by atoms with Crippen molar-refractivity contribution < 1.29 is 12.8 Å². The average molecular weight is 366 g/mol. The quantitative estimate of drug-likeness (QED) is 0.824. The van der Waals surface area contributed by atoms with Crippen molar-refractivity contribution in [1.82, 2.24) is 9.21 Å². The molecule has 112 valence electrons. The van der Waals surface area contributed by atoms with Crippen LogP contribution in [0.15, 0.2) is 21.5 Å². The van der Waals surface area contributed by atoms with Gasteiger partial charge in [0.05, 0.1) is 4.47 Å². The van der Waals surface area contributed by atoms with Gasteiger partial charge in [0.15, 0.2) is 5.82 Å². The summed E-state index contributed by atoms with van der Waals surface area (Å²) in [6, 6.07) is 2.66. The number of anilines is 1. The molecule has 1 heterocycles. The molecule has 0 saturated carbocycles. The van der Waals surface area contributed by atoms with Crippen LogP contribution in [-0.4, -0.2) is 50.8 Å². The molecule has 0 amide bonds. The first kappa shape index (κ1) is 15.7. The highest BCUT2D eigenvalue weighted by molar-refractivity contribution is 9.10. The summed E-state index contributed by atoms with van der Waals surface area (Å²) in [7, 11) is -0.0566. The monoisotopic (exact) mass is 365 g/mol. The lowest BCUT2D eigenvalue weighted by atomic mass is 10.2. The van der Waals surface area contributed by atoms with E-state index in [1.165, 1.54) is 16.4 Å². The van der Waals surface area contributed by atoms with Gasteiger partial charge in [-0.3, -0.25) is 0 Å². The molecular formula is C12H17BrFN3O2S. The Labute approximate surface area is 126 Å². The summed E-state index contributed by atoms with van der Waals surface area (Å²) in [4.78, 5) is 1.60. The molecule has 0 aromatic heterocycles. The van der Waals surface area contributed by atoms with E-state index in [-0.39, 0.29) is 21.1 Å². The Morgan fingerprint density at radius 2 is 2.10 bits per heavy atom. The van der Waals surface area contributed by atoms with Crippen LogP contribution in [0.25, 0.3) is 0 Å². The van der Waals surface area contributed by atoms with E-state index in [4.69, 9.17) is 5.73 Å². The first-order chi connectivity index (χ1) is 9.23. The summed E-state index contributed by atoms with van der Waals surface area (Å²) in [5.41, 5.74) is 5.82. The second kappa shape index (κ2) is 5.59. The number of hydrogen-bond donors (Lipinski definition) is 1. The molecular weight excluding hydrogens is 349 g/mol. The van der Waals surface area contributed by atoms with Crippen molar-refractivity contribution >= 4 is 31.6 Å². The smallest absolute Gasteiger partial charge is 0.246 e. The number of rotatable bonds is 3. The van der Waals surface area contributed by atoms with Gasteiger partial charge < -0.3 is 10.6 Å². The van der Waals surface area contributed by atoms with Crippen molar-refractivity contribution in [3.63, 3.8) is 0 Å². The minimum absolute atomic E-state index is 0.0550. The van der Waals surface area contributed by atoms with Crippen LogP contribution < -0.4 is 5.73 Å². The topological polar surface area (TPSA) is 66.6 Å². The highest BCUT2D eigenvalue weighted by atomic mass is 79.9. The standard InChI is InChI=1S/C12H17BrFN3O2S/c1-16(2)9-3-4-17(7-9)20(18,19)11-6-8(15)5-10(13)12(11)14/h5-6,9H,3-4,7,15H2,1-2H3. The Balaban J connectivity index is 2.37. The highest BCUT2D eigenvalue weighted by Gasteiger charge is 2.35. The van der Waals surface area contributed by atoms with Gasteiger partial charge in [-0.15, -0.1) is 0 Å². The summed E-state index contributed by atoms with van der Waals surface area (Å²) in [6.45, 7) is 0.748. The van der Waals surface area contributed by atoms with Gasteiger partial charge in [0.2, 0.25) is 10.0 Å². The summed E-state index contributed by atoms with van der Waals surface area (Å²) in [5, 5.41) is 0. The van der Waals surface area contributed by atoms with Gasteiger partial charge >= 0.3 is 0 Å². The van der Waals surface area contributed by atoms with Crippen molar-refractivity contribution in [2.45, 2.75) is 17.4 Å². The Hall–Kier alpha value is -0.700. The van der Waals surface area contributed by atoms with Crippen LogP contribution in [0.3, 0.4) is 0 Å². The fourth-order valence-corrected chi connectivity index (χ4v) is 4.48. The van der Waals surface area contributed by atoms with Gasteiger partial charge in [-0.1, -0.05) is 0 Å². The number of nitrogen functional groups attached to an aromatic ring is 1. The lowest BCUT2D eigenvalue weighted by Gasteiger charge is -2.20. The number of nitrogens with zero attached hydrogens (tertiary/aromatic N) is 2. The predicted molar refractivity (Wildman–Crippen MR) is 79.4 cm³/mol. The number of likely N-dealkylation sites (N-methyl/N-ethyl adjacent to an activating group) is 1. The molecule has 1 aromatic rings. The maximum absolute atomic E-state index is 14.1. The molecule has 1 aliphatic heterocycles. The number of halogens is 2. The van der Waals surface area contributed by atoms with Crippen LogP contribution >= 0.6 is 15.9 Å². The predicted octanol–water partition coefficient (Wildman–Crippen LogP) is 1.50. The Morgan fingerprint density at radius 1 is 1.45 bits per heavy atom. The third-order valence-electron chi connectivity index (χ3n) is 3.49. The van der Waals surface area contributed by atoms with Crippen LogP contribution in [-0.2, 0) is 10.0 Å². The van der Waals surface area contributed by atoms with Crippen molar-refractivity contribution in [3.05, 3.63) is 22.4 Å². The number of hydrogen-bond acceptors (Lipinski definition) is 4. The van der Waals surface area contributed by atoms with Gasteiger partial charge in [0, 0.05) is 24.8 Å². The summed E-state index contributed by atoms with van der Waals surface area (Å²) in [6.07, 6.45) is 0.733. The lowest BCUT2D eigenvalue weighted by molar-refractivity contribution is 0.302. The third kappa shape index (κ3) is 2.83. The molecule has 1 aromatic carbocycles. The van der Waals surface area contributed by atoms with Crippen molar-refractivity contribution in [2.75, 3.05) is 32.9 Å². The number of nitrogens with two attached hydrogens (primary N) is 1. The van der Waals surface area contributed by atoms with E-state index in [1.54, 1.807) is 0 Å². The van der Waals surface area contributed by atoms with E-state index in [0.29, 0.717) is 13.1 Å². The number of benzene rings is 1. The third-order valence-corrected chi connectivity index (χ3v) is 5.93. The van der Waals surface area contributed by atoms with Crippen LogP contribution in [0, 0.1) is 5.82 Å². The second-order valence-electron chi connectivity index (χ2n) is 5.08. The zero-order valence-corrected chi connectivity index (χ0v) is 13.7. The molecule has 1 saturated heterocycles. The van der Waals surface area contributed by atoms with Crippen molar-refractivity contribution in [2.24, 2.45) is 0 Å². The van der Waals surface area contributed by atoms with Gasteiger partial charge in [-0.2, -0.15) is 4.31 Å². The molecule has 2 rings (SSSR count). The zero-order chi connectivity index (χ0) is 15.1. The molecule has 0 bridgehead atoms. The summed E-state index contributed by atoms with van der Waals surface area (Å²) < 4.78 is 40.5. The zero-order valence-electron chi connectivity index (χ0n) is 11.3. The van der Waals surface area contributed by atoms with E-state index in [0.717, 1.165) is 6.42 Å². The molecule has 5 nitrogen and oxygen atoms in total. The fourth-order valence-electron chi connectivity index (χ4n) is 2.26. The van der Waals surface area contributed by atoms with E-state index in [2.05, 4.69) is 15.9 Å². The molecule has 2 N–H and O–H groups in total. The Bertz CT molecular complexity index is 621. The van der Waals surface area contributed by atoms with Gasteiger partial charge in [0.25, 0.3) is 0 Å². The van der Waals surface area contributed by atoms with Crippen LogP contribution in [0.1, 0.15) is 6.42 Å². The van der Waals surface area contributed by atoms with Gasteiger partial charge in [-0.25, -0.2) is 12.8 Å². The molecule has 0 aliphatic carbocycles. The minimum atomic E-state index is -3.86. The molecule has 0 radical (unpaired) electrons. The van der Waals surface area contributed by atoms with Crippen LogP contribution in [0.2, 0.25) is 0 Å². The van der Waals surface area contributed by atoms with Gasteiger partial charge in [0.1, 0.15) is 4.90 Å². The van der Waals surface area contributed by atoms with E-state index < -0.39 is 15.8 Å². The highest BCUT2D eigenvalue weighted by Crippen LogP contribution is 2.30. The molecule has 1 unspecified atom stereocenters. The maximum Gasteiger partial charge on any atom is 0.246 e. The molecule has 1 aliphatic rings. The van der Waals surface area contributed by atoms with Crippen LogP contribution in [0.4, 0.5) is 10.1 Å². The largest absolute Gasteiger partial charge is 0.399 e. The SMILES string of the molecule is CN(C)C1CCN(S(=O)(=O)c2cc(N)cc(Br)c2F)C1. The average Bonchev–Trinajstić information content (AvgIpc) is 2.83. The lowest BCUT2D eigenvalue weighted by Crippen LogP contribution is -2.34. The van der Waals surface area contributed by atoms with E-state index in [9.17, 15) is 12.8 Å². The second-order valence-corrected chi connectivity index (χ2v) is 7.84. The van der Waals surface area contributed by atoms with Gasteiger partial charge in [-0.05, 0) is 48.6 Å². The molecule has 1 fully saturated rings. The molecule has 1 atom stereocenters. The Morgan fingerprint density at radius 3 is 2.65 bits per heavy atom. The van der Waals surface area contributed by atoms with Crippen molar-refractivity contribution in [1.29, 1.82) is 0 Å². The molecule has 20 heavy (non-hydrogen) atoms. The fraction of sp³-hybridized carbons (Fsp3) is 0.500. The van der Waals surface area contributed by atoms with E-state index in [1.807, 2.05) is 19.0 Å². The van der Waals surface area contributed by atoms with E-state index >= 15 is 0 Å². The van der Waals surface area contributed by atoms with Crippen molar-refractivity contribution in [3.8, 4) is 0 Å². The molecule has 0 spiro atoms. The summed E-state index contributed by atoms with van der Waals surface area (Å²) >= 11 is 2.99. The maximum atomic E-state index is 14.1. The Kier molecular flexibility index (Phi) is 4.38. The first-order valence-corrected chi connectivity index (χ1v) is 8.38. The minimum Gasteiger partial charge on any atom is -0.399 e. The normalized spacial score (nSPS) is 20.8. The first-order valence-electron chi connectivity index (χ1n) is 6.14.